The van der Waals surface area contributed by atoms with Crippen LogP contribution in [0, 0.1) is 0 Å². The van der Waals surface area contributed by atoms with E-state index in [0.717, 1.165) is 28.1 Å². The predicted molar refractivity (Wildman–Crippen MR) is 216 cm³/mol. The molecule has 0 spiro atoms. The van der Waals surface area contributed by atoms with Gasteiger partial charge in [-0.15, -0.1) is 0 Å². The lowest BCUT2D eigenvalue weighted by Crippen LogP contribution is -2.14. The molecule has 0 amide bonds. The van der Waals surface area contributed by atoms with Crippen molar-refractivity contribution in [2.45, 2.75) is 19.3 Å². The van der Waals surface area contributed by atoms with Gasteiger partial charge in [0.1, 0.15) is 0 Å². The second-order valence-electron chi connectivity index (χ2n) is 14.3. The maximum Gasteiger partial charge on any atom is 0.0722 e. The third kappa shape index (κ3) is 4.66. The number of fused-ring (bicyclic) bond motifs is 9. The van der Waals surface area contributed by atoms with Crippen LogP contribution < -0.4 is 0 Å². The van der Waals surface area contributed by atoms with E-state index in [1.807, 2.05) is 0 Å². The standard InChI is InChI=1S/C50H35N/c1-50(2)45-23-12-11-20-39(45)40-26-24-35(29-46(40)50)34-25-27-42-44(28-34)38-19-10-9-18-37(38)41-21-13-22-43(49(41)42)48-31-36(32-14-5-3-6-15-32)30-47(51-48)33-16-7-4-8-17-33/h3-31H,1-2H3. The van der Waals surface area contributed by atoms with Gasteiger partial charge in [0.05, 0.1) is 11.4 Å². The van der Waals surface area contributed by atoms with Crippen LogP contribution in [0.5, 0.6) is 0 Å². The highest BCUT2D eigenvalue weighted by molar-refractivity contribution is 6.28. The summed E-state index contributed by atoms with van der Waals surface area (Å²) in [6.45, 7) is 4.71. The van der Waals surface area contributed by atoms with Crippen LogP contribution in [0.1, 0.15) is 25.0 Å². The van der Waals surface area contributed by atoms with Crippen LogP contribution in [0.25, 0.3) is 88.2 Å². The monoisotopic (exact) mass is 649 g/mol. The predicted octanol–water partition coefficient (Wildman–Crippen LogP) is 13.5. The Morgan fingerprint density at radius 1 is 0.333 bits per heavy atom. The smallest absolute Gasteiger partial charge is 0.0722 e. The highest BCUT2D eigenvalue weighted by Crippen LogP contribution is 2.50. The average molecular weight is 650 g/mol. The van der Waals surface area contributed by atoms with Crippen molar-refractivity contribution in [1.82, 2.24) is 4.98 Å². The molecular weight excluding hydrogens is 615 g/mol. The molecule has 8 aromatic carbocycles. The van der Waals surface area contributed by atoms with Gasteiger partial charge in [-0.1, -0.05) is 166 Å². The Morgan fingerprint density at radius 2 is 0.902 bits per heavy atom. The van der Waals surface area contributed by atoms with Crippen LogP contribution in [-0.4, -0.2) is 4.98 Å². The number of rotatable bonds is 4. The SMILES string of the molecule is CC1(C)c2ccccc2-c2ccc(-c3ccc4c(c3)c3ccccc3c3cccc(-c5cc(-c6ccccc6)cc(-c6ccccc6)n5)c34)cc21. The van der Waals surface area contributed by atoms with Gasteiger partial charge in [0.25, 0.3) is 0 Å². The van der Waals surface area contributed by atoms with Crippen molar-refractivity contribution in [2.24, 2.45) is 0 Å². The van der Waals surface area contributed by atoms with Gasteiger partial charge < -0.3 is 0 Å². The number of aromatic nitrogens is 1. The molecule has 0 N–H and O–H groups in total. The van der Waals surface area contributed by atoms with E-state index in [0.29, 0.717) is 0 Å². The largest absolute Gasteiger partial charge is 0.248 e. The normalized spacial score (nSPS) is 13.1. The minimum absolute atomic E-state index is 0.0452. The van der Waals surface area contributed by atoms with Crippen LogP contribution in [0.15, 0.2) is 176 Å². The summed E-state index contributed by atoms with van der Waals surface area (Å²) in [4.78, 5) is 5.37. The molecular formula is C50H35N. The molecule has 0 unspecified atom stereocenters. The van der Waals surface area contributed by atoms with E-state index >= 15 is 0 Å². The summed E-state index contributed by atoms with van der Waals surface area (Å²) in [7, 11) is 0. The molecule has 240 valence electrons. The van der Waals surface area contributed by atoms with E-state index in [4.69, 9.17) is 4.98 Å². The van der Waals surface area contributed by atoms with Crippen molar-refractivity contribution in [2.75, 3.05) is 0 Å². The van der Waals surface area contributed by atoms with Crippen LogP contribution in [0.2, 0.25) is 0 Å². The van der Waals surface area contributed by atoms with Gasteiger partial charge in [0, 0.05) is 16.5 Å². The van der Waals surface area contributed by atoms with Crippen LogP contribution in [-0.2, 0) is 5.41 Å². The van der Waals surface area contributed by atoms with E-state index in [1.165, 1.54) is 71.3 Å². The summed E-state index contributed by atoms with van der Waals surface area (Å²) < 4.78 is 0. The molecule has 1 nitrogen and oxygen atoms in total. The Bertz CT molecular complexity index is 2750. The Labute approximate surface area is 298 Å². The quantitative estimate of drug-likeness (QED) is 0.173. The molecule has 1 heterocycles. The third-order valence-electron chi connectivity index (χ3n) is 11.1. The van der Waals surface area contributed by atoms with E-state index in [9.17, 15) is 0 Å². The van der Waals surface area contributed by atoms with Crippen molar-refractivity contribution < 1.29 is 0 Å². The molecule has 0 radical (unpaired) electrons. The highest BCUT2D eigenvalue weighted by atomic mass is 14.7. The molecule has 0 bridgehead atoms. The Morgan fingerprint density at radius 3 is 1.71 bits per heavy atom. The molecule has 0 aliphatic heterocycles. The summed E-state index contributed by atoms with van der Waals surface area (Å²) in [5, 5.41) is 7.50. The first-order valence-electron chi connectivity index (χ1n) is 17.8. The van der Waals surface area contributed by atoms with Crippen LogP contribution in [0.3, 0.4) is 0 Å². The summed E-state index contributed by atoms with van der Waals surface area (Å²) in [6, 6.07) is 64.2. The van der Waals surface area contributed by atoms with E-state index in [-0.39, 0.29) is 5.41 Å². The molecule has 0 saturated carbocycles. The first-order valence-corrected chi connectivity index (χ1v) is 17.8. The van der Waals surface area contributed by atoms with E-state index in [1.54, 1.807) is 0 Å². The van der Waals surface area contributed by atoms with Gasteiger partial charge in [-0.3, -0.25) is 0 Å². The van der Waals surface area contributed by atoms with Gasteiger partial charge in [-0.25, -0.2) is 4.98 Å². The van der Waals surface area contributed by atoms with Gasteiger partial charge in [-0.2, -0.15) is 0 Å². The van der Waals surface area contributed by atoms with Crippen molar-refractivity contribution in [3.8, 4) is 55.9 Å². The van der Waals surface area contributed by atoms with Crippen molar-refractivity contribution in [3.05, 3.63) is 187 Å². The molecule has 10 rings (SSSR count). The highest BCUT2D eigenvalue weighted by Gasteiger charge is 2.35. The number of hydrogen-bond acceptors (Lipinski definition) is 1. The van der Waals surface area contributed by atoms with Gasteiger partial charge in [0.2, 0.25) is 0 Å². The minimum Gasteiger partial charge on any atom is -0.248 e. The molecule has 1 aliphatic rings. The second-order valence-corrected chi connectivity index (χ2v) is 14.3. The number of benzene rings is 8. The number of hydrogen-bond donors (Lipinski definition) is 0. The molecule has 51 heavy (non-hydrogen) atoms. The Hall–Kier alpha value is -6.31. The minimum atomic E-state index is -0.0452. The Kier molecular flexibility index (Phi) is 6.60. The second kappa shape index (κ2) is 11.4. The van der Waals surface area contributed by atoms with Crippen LogP contribution >= 0.6 is 0 Å². The third-order valence-corrected chi connectivity index (χ3v) is 11.1. The topological polar surface area (TPSA) is 12.9 Å². The maximum atomic E-state index is 5.37. The average Bonchev–Trinajstić information content (AvgIpc) is 3.43. The Balaban J connectivity index is 1.21. The van der Waals surface area contributed by atoms with Crippen LogP contribution in [0.4, 0.5) is 0 Å². The summed E-state index contributed by atoms with van der Waals surface area (Å²) >= 11 is 0. The fourth-order valence-electron chi connectivity index (χ4n) is 8.50. The van der Waals surface area contributed by atoms with Gasteiger partial charge >= 0.3 is 0 Å². The first kappa shape index (κ1) is 29.6. The summed E-state index contributed by atoms with van der Waals surface area (Å²) in [5.74, 6) is 0. The van der Waals surface area contributed by atoms with E-state index < -0.39 is 0 Å². The van der Waals surface area contributed by atoms with Crippen molar-refractivity contribution in [3.63, 3.8) is 0 Å². The summed E-state index contributed by atoms with van der Waals surface area (Å²) in [5.41, 5.74) is 14.5. The molecule has 0 saturated heterocycles. The van der Waals surface area contributed by atoms with Gasteiger partial charge in [0.15, 0.2) is 0 Å². The number of pyridine rings is 1. The van der Waals surface area contributed by atoms with E-state index in [2.05, 4.69) is 190 Å². The van der Waals surface area contributed by atoms with Crippen molar-refractivity contribution >= 4 is 32.3 Å². The molecule has 0 atom stereocenters. The zero-order valence-corrected chi connectivity index (χ0v) is 28.7. The molecule has 1 aromatic heterocycles. The van der Waals surface area contributed by atoms with Gasteiger partial charge in [-0.05, 0) is 101 Å². The molecule has 0 fully saturated rings. The summed E-state index contributed by atoms with van der Waals surface area (Å²) in [6.07, 6.45) is 0. The van der Waals surface area contributed by atoms with Crippen molar-refractivity contribution in [1.29, 1.82) is 0 Å². The lowest BCUT2D eigenvalue weighted by molar-refractivity contribution is 0.660. The molecule has 1 heteroatoms. The zero-order valence-electron chi connectivity index (χ0n) is 28.7. The zero-order chi connectivity index (χ0) is 34.1. The fraction of sp³-hybridized carbons (Fsp3) is 0.0600. The fourth-order valence-corrected chi connectivity index (χ4v) is 8.50. The molecule has 9 aromatic rings. The molecule has 1 aliphatic carbocycles. The number of nitrogens with zero attached hydrogens (tertiary/aromatic N) is 1. The lowest BCUT2D eigenvalue weighted by atomic mass is 9.81. The first-order chi connectivity index (χ1) is 25.0. The maximum absolute atomic E-state index is 5.37. The lowest BCUT2D eigenvalue weighted by Gasteiger charge is -2.22.